The van der Waals surface area contributed by atoms with Crippen LogP contribution in [0.25, 0.3) is 0 Å². The summed E-state index contributed by atoms with van der Waals surface area (Å²) in [6.45, 7) is 6.34. The number of hydrogen-bond donors (Lipinski definition) is 1. The first-order valence-corrected chi connectivity index (χ1v) is 4.27. The van der Waals surface area contributed by atoms with E-state index in [1.807, 2.05) is 20.8 Å². The van der Waals surface area contributed by atoms with Gasteiger partial charge in [-0.3, -0.25) is 4.79 Å². The molecule has 0 aromatic carbocycles. The molecule has 3 nitrogen and oxygen atoms in total. The van der Waals surface area contributed by atoms with E-state index in [1.165, 1.54) is 0 Å². The number of aliphatic hydroxyl groups is 1. The standard InChI is InChI=1S/C9H17NO2/c1-8(2,3)9(12)5-6-10(4)7(9)11/h12H,5-6H2,1-4H3/t9-/m1/s1. The lowest BCUT2D eigenvalue weighted by molar-refractivity contribution is -0.152. The summed E-state index contributed by atoms with van der Waals surface area (Å²) >= 11 is 0. The van der Waals surface area contributed by atoms with Crippen molar-refractivity contribution in [3.05, 3.63) is 0 Å². The van der Waals surface area contributed by atoms with Gasteiger partial charge in [-0.1, -0.05) is 20.8 Å². The van der Waals surface area contributed by atoms with Gasteiger partial charge in [0.15, 0.2) is 0 Å². The van der Waals surface area contributed by atoms with Crippen LogP contribution in [0.4, 0.5) is 0 Å². The van der Waals surface area contributed by atoms with Gasteiger partial charge in [0, 0.05) is 20.0 Å². The summed E-state index contributed by atoms with van der Waals surface area (Å²) in [5.74, 6) is -0.144. The normalized spacial score (nSPS) is 31.4. The van der Waals surface area contributed by atoms with Gasteiger partial charge >= 0.3 is 0 Å². The van der Waals surface area contributed by atoms with Crippen LogP contribution in [0.1, 0.15) is 27.2 Å². The maximum Gasteiger partial charge on any atom is 0.254 e. The number of rotatable bonds is 0. The molecule has 1 N–H and O–H groups in total. The molecule has 1 aliphatic heterocycles. The zero-order valence-electron chi connectivity index (χ0n) is 8.22. The molecule has 3 heteroatoms. The second-order valence-electron chi connectivity index (χ2n) is 4.59. The average molecular weight is 171 g/mol. The molecule has 0 aromatic heterocycles. The number of nitrogens with zero attached hydrogens (tertiary/aromatic N) is 1. The second kappa shape index (κ2) is 2.46. The fourth-order valence-corrected chi connectivity index (χ4v) is 1.55. The van der Waals surface area contributed by atoms with E-state index in [-0.39, 0.29) is 11.3 Å². The van der Waals surface area contributed by atoms with Crippen LogP contribution >= 0.6 is 0 Å². The smallest absolute Gasteiger partial charge is 0.254 e. The van der Waals surface area contributed by atoms with Crippen LogP contribution in [0.15, 0.2) is 0 Å². The van der Waals surface area contributed by atoms with Crippen LogP contribution in [0.5, 0.6) is 0 Å². The van der Waals surface area contributed by atoms with Crippen molar-refractivity contribution in [3.8, 4) is 0 Å². The van der Waals surface area contributed by atoms with E-state index >= 15 is 0 Å². The molecule has 0 radical (unpaired) electrons. The van der Waals surface area contributed by atoms with Crippen molar-refractivity contribution in [1.29, 1.82) is 0 Å². The summed E-state index contributed by atoms with van der Waals surface area (Å²) in [5, 5.41) is 10.1. The lowest BCUT2D eigenvalue weighted by atomic mass is 9.75. The van der Waals surface area contributed by atoms with E-state index in [9.17, 15) is 9.90 Å². The van der Waals surface area contributed by atoms with E-state index in [4.69, 9.17) is 0 Å². The Balaban J connectivity index is 2.94. The highest BCUT2D eigenvalue weighted by Gasteiger charge is 2.51. The van der Waals surface area contributed by atoms with Crippen LogP contribution in [-0.2, 0) is 4.79 Å². The van der Waals surface area contributed by atoms with Crippen LogP contribution in [0, 0.1) is 5.41 Å². The second-order valence-corrected chi connectivity index (χ2v) is 4.59. The van der Waals surface area contributed by atoms with Crippen molar-refractivity contribution in [1.82, 2.24) is 4.90 Å². The molecular weight excluding hydrogens is 154 g/mol. The maximum absolute atomic E-state index is 11.5. The highest BCUT2D eigenvalue weighted by molar-refractivity contribution is 5.87. The number of hydrogen-bond acceptors (Lipinski definition) is 2. The van der Waals surface area contributed by atoms with Crippen LogP contribution in [0.2, 0.25) is 0 Å². The van der Waals surface area contributed by atoms with Gasteiger partial charge in [-0.15, -0.1) is 0 Å². The first-order chi connectivity index (χ1) is 5.29. The van der Waals surface area contributed by atoms with Crippen molar-refractivity contribution in [2.24, 2.45) is 5.41 Å². The third-order valence-corrected chi connectivity index (χ3v) is 2.75. The first kappa shape index (κ1) is 9.52. The van der Waals surface area contributed by atoms with Crippen LogP contribution < -0.4 is 0 Å². The summed E-state index contributed by atoms with van der Waals surface area (Å²) in [7, 11) is 1.73. The minimum absolute atomic E-state index is 0.144. The SMILES string of the molecule is CN1CC[C@](O)(C(C)(C)C)C1=O. The van der Waals surface area contributed by atoms with Gasteiger partial charge in [0.2, 0.25) is 0 Å². The Bertz CT molecular complexity index is 207. The Morgan fingerprint density at radius 3 is 2.17 bits per heavy atom. The molecule has 1 saturated heterocycles. The molecule has 0 saturated carbocycles. The summed E-state index contributed by atoms with van der Waals surface area (Å²) in [5.41, 5.74) is -1.52. The van der Waals surface area contributed by atoms with Gasteiger partial charge in [-0.05, 0) is 5.41 Å². The Kier molecular flexibility index (Phi) is 1.95. The van der Waals surface area contributed by atoms with Gasteiger partial charge in [0.25, 0.3) is 5.91 Å². The van der Waals surface area contributed by atoms with E-state index < -0.39 is 5.60 Å². The zero-order valence-corrected chi connectivity index (χ0v) is 8.22. The molecule has 0 aromatic rings. The third kappa shape index (κ3) is 1.12. The van der Waals surface area contributed by atoms with Gasteiger partial charge in [-0.2, -0.15) is 0 Å². The molecule has 0 bridgehead atoms. The Hall–Kier alpha value is -0.570. The average Bonchev–Trinajstić information content (AvgIpc) is 2.16. The van der Waals surface area contributed by atoms with Crippen molar-refractivity contribution < 1.29 is 9.90 Å². The van der Waals surface area contributed by atoms with Crippen molar-refractivity contribution >= 4 is 5.91 Å². The summed E-state index contributed by atoms with van der Waals surface area (Å²) in [4.78, 5) is 13.1. The molecule has 1 heterocycles. The van der Waals surface area contributed by atoms with Crippen molar-refractivity contribution in [3.63, 3.8) is 0 Å². The number of amides is 1. The fourth-order valence-electron chi connectivity index (χ4n) is 1.55. The minimum Gasteiger partial charge on any atom is -0.379 e. The minimum atomic E-state index is -1.15. The van der Waals surface area contributed by atoms with Gasteiger partial charge in [0.05, 0.1) is 0 Å². The molecule has 0 unspecified atom stereocenters. The third-order valence-electron chi connectivity index (χ3n) is 2.75. The number of carbonyl (C=O) groups is 1. The number of carbonyl (C=O) groups excluding carboxylic acids is 1. The molecule has 70 valence electrons. The predicted molar refractivity (Wildman–Crippen MR) is 46.7 cm³/mol. The molecule has 12 heavy (non-hydrogen) atoms. The molecule has 1 rings (SSSR count). The fraction of sp³-hybridized carbons (Fsp3) is 0.889. The molecule has 1 atom stereocenters. The van der Waals surface area contributed by atoms with Gasteiger partial charge in [0.1, 0.15) is 5.60 Å². The van der Waals surface area contributed by atoms with Gasteiger partial charge < -0.3 is 10.0 Å². The van der Waals surface area contributed by atoms with Crippen molar-refractivity contribution in [2.45, 2.75) is 32.8 Å². The summed E-state index contributed by atoms with van der Waals surface area (Å²) in [6.07, 6.45) is 0.547. The van der Waals surface area contributed by atoms with Crippen LogP contribution in [-0.4, -0.2) is 35.1 Å². The quantitative estimate of drug-likeness (QED) is 0.580. The molecule has 1 aliphatic rings. The van der Waals surface area contributed by atoms with Gasteiger partial charge in [-0.25, -0.2) is 0 Å². The van der Waals surface area contributed by atoms with Crippen LogP contribution in [0.3, 0.4) is 0 Å². The molecule has 0 spiro atoms. The largest absolute Gasteiger partial charge is 0.379 e. The summed E-state index contributed by atoms with van der Waals surface area (Å²) < 4.78 is 0. The summed E-state index contributed by atoms with van der Waals surface area (Å²) in [6, 6.07) is 0. The van der Waals surface area contributed by atoms with Crippen molar-refractivity contribution in [2.75, 3.05) is 13.6 Å². The first-order valence-electron chi connectivity index (χ1n) is 4.27. The van der Waals surface area contributed by atoms with E-state index in [2.05, 4.69) is 0 Å². The predicted octanol–water partition coefficient (Wildman–Crippen LogP) is 0.626. The monoisotopic (exact) mass is 171 g/mol. The highest BCUT2D eigenvalue weighted by Crippen LogP contribution is 2.38. The molecule has 1 fully saturated rings. The molecule has 1 amide bonds. The molecule has 0 aliphatic carbocycles. The lowest BCUT2D eigenvalue weighted by Crippen LogP contribution is -2.49. The Labute approximate surface area is 73.4 Å². The van der Waals surface area contributed by atoms with E-state index in [1.54, 1.807) is 11.9 Å². The topological polar surface area (TPSA) is 40.5 Å². The lowest BCUT2D eigenvalue weighted by Gasteiger charge is -2.34. The Morgan fingerprint density at radius 1 is 1.50 bits per heavy atom. The Morgan fingerprint density at radius 2 is 2.00 bits per heavy atom. The van der Waals surface area contributed by atoms with E-state index in [0.29, 0.717) is 13.0 Å². The van der Waals surface area contributed by atoms with E-state index in [0.717, 1.165) is 0 Å². The maximum atomic E-state index is 11.5. The zero-order chi connectivity index (χ0) is 9.57. The molecular formula is C9H17NO2. The number of likely N-dealkylation sites (tertiary alicyclic amines) is 1. The highest BCUT2D eigenvalue weighted by atomic mass is 16.3. The number of likely N-dealkylation sites (N-methyl/N-ethyl adjacent to an activating group) is 1.